The molecule has 1 saturated heterocycles. The van der Waals surface area contributed by atoms with Crippen molar-refractivity contribution in [2.24, 2.45) is 5.92 Å². The third-order valence-electron chi connectivity index (χ3n) is 7.38. The smallest absolute Gasteiger partial charge is 0.410 e. The highest BCUT2D eigenvalue weighted by Crippen LogP contribution is 2.44. The lowest BCUT2D eigenvalue weighted by Crippen LogP contribution is -2.48. The lowest BCUT2D eigenvalue weighted by atomic mass is 9.80. The lowest BCUT2D eigenvalue weighted by molar-refractivity contribution is -0.117. The Morgan fingerprint density at radius 1 is 1.08 bits per heavy atom. The summed E-state index contributed by atoms with van der Waals surface area (Å²) >= 11 is 0. The van der Waals surface area contributed by atoms with Crippen LogP contribution in [0.25, 0.3) is 0 Å². The molecule has 0 saturated carbocycles. The van der Waals surface area contributed by atoms with Crippen molar-refractivity contribution < 1.29 is 14.3 Å². The van der Waals surface area contributed by atoms with Crippen LogP contribution in [0.5, 0.6) is 0 Å². The van der Waals surface area contributed by atoms with E-state index in [9.17, 15) is 9.59 Å². The van der Waals surface area contributed by atoms with Gasteiger partial charge in [0.25, 0.3) is 0 Å². The van der Waals surface area contributed by atoms with Crippen LogP contribution in [-0.2, 0) is 9.53 Å². The van der Waals surface area contributed by atoms with Gasteiger partial charge in [-0.15, -0.1) is 0 Å². The number of piperidine rings is 1. The second-order valence-corrected chi connectivity index (χ2v) is 11.2. The average Bonchev–Trinajstić information content (AvgIpc) is 2.82. The second-order valence-electron chi connectivity index (χ2n) is 11.2. The van der Waals surface area contributed by atoms with E-state index in [-0.39, 0.29) is 30.0 Å². The number of aryl methyl sites for hydroxylation is 1. The molecule has 1 fully saturated rings. The molecule has 0 aliphatic carbocycles. The first kappa shape index (κ1) is 25.9. The summed E-state index contributed by atoms with van der Waals surface area (Å²) in [5.41, 5.74) is 3.66. The van der Waals surface area contributed by atoms with Crippen LogP contribution in [0.2, 0.25) is 0 Å². The Hall–Kier alpha value is -3.16. The van der Waals surface area contributed by atoms with Crippen LogP contribution in [0.3, 0.4) is 0 Å². The number of ether oxygens (including phenoxy) is 1. The summed E-state index contributed by atoms with van der Waals surface area (Å²) in [6.45, 7) is 14.8. The number of fused-ring (bicyclic) bond motifs is 1. The summed E-state index contributed by atoms with van der Waals surface area (Å²) in [7, 11) is 0. The van der Waals surface area contributed by atoms with Gasteiger partial charge < -0.3 is 19.9 Å². The van der Waals surface area contributed by atoms with Gasteiger partial charge in [-0.3, -0.25) is 9.78 Å². The van der Waals surface area contributed by atoms with Crippen molar-refractivity contribution in [3.8, 4) is 0 Å². The first-order valence-electron chi connectivity index (χ1n) is 12.9. The van der Waals surface area contributed by atoms with Gasteiger partial charge in [0, 0.05) is 37.7 Å². The number of nitrogens with zero attached hydrogens (tertiary/aromatic N) is 4. The van der Waals surface area contributed by atoms with E-state index in [1.807, 2.05) is 37.5 Å². The van der Waals surface area contributed by atoms with E-state index in [4.69, 9.17) is 4.74 Å². The fourth-order valence-corrected chi connectivity index (χ4v) is 5.33. The van der Waals surface area contributed by atoms with Gasteiger partial charge in [-0.2, -0.15) is 0 Å². The molecule has 0 radical (unpaired) electrons. The van der Waals surface area contributed by atoms with Crippen molar-refractivity contribution in [3.05, 3.63) is 47.4 Å². The minimum atomic E-state index is -0.493. The maximum atomic E-state index is 12.6. The van der Waals surface area contributed by atoms with E-state index in [1.54, 1.807) is 19.3 Å². The van der Waals surface area contributed by atoms with E-state index in [2.05, 4.69) is 47.3 Å². The number of anilines is 2. The number of carbonyl (C=O) groups is 2. The zero-order valence-electron chi connectivity index (χ0n) is 22.5. The van der Waals surface area contributed by atoms with Gasteiger partial charge in [0.2, 0.25) is 5.91 Å². The Morgan fingerprint density at radius 2 is 1.78 bits per heavy atom. The number of rotatable bonds is 3. The zero-order valence-corrected chi connectivity index (χ0v) is 22.5. The van der Waals surface area contributed by atoms with Crippen LogP contribution in [0.4, 0.5) is 16.3 Å². The molecular formula is C28H39N5O3. The molecule has 1 aromatic carbocycles. The van der Waals surface area contributed by atoms with Crippen LogP contribution in [0.15, 0.2) is 30.6 Å². The van der Waals surface area contributed by atoms with Crippen molar-refractivity contribution in [2.45, 2.75) is 84.9 Å². The van der Waals surface area contributed by atoms with Crippen molar-refractivity contribution in [1.29, 1.82) is 0 Å². The van der Waals surface area contributed by atoms with Gasteiger partial charge in [-0.25, -0.2) is 9.78 Å². The molecular weight excluding hydrogens is 454 g/mol. The molecule has 8 nitrogen and oxygen atoms in total. The number of benzene rings is 1. The Morgan fingerprint density at radius 3 is 2.36 bits per heavy atom. The SMILES string of the molecule is CC(=O)N1c2ccc(C3CCN(C(=O)OC(C)(C)C)CC3)cc2C(Nc2cnc(C)cn2)C(C)C1C. The maximum Gasteiger partial charge on any atom is 0.410 e. The average molecular weight is 494 g/mol. The summed E-state index contributed by atoms with van der Waals surface area (Å²) in [5, 5.41) is 3.60. The molecule has 0 spiro atoms. The summed E-state index contributed by atoms with van der Waals surface area (Å²) in [6.07, 6.45) is 5.04. The van der Waals surface area contributed by atoms with Crippen LogP contribution >= 0.6 is 0 Å². The van der Waals surface area contributed by atoms with Gasteiger partial charge in [-0.05, 0) is 70.6 Å². The first-order chi connectivity index (χ1) is 16.9. The lowest BCUT2D eigenvalue weighted by Gasteiger charge is -2.44. The summed E-state index contributed by atoms with van der Waals surface area (Å²) in [4.78, 5) is 37.8. The van der Waals surface area contributed by atoms with Crippen LogP contribution in [0.1, 0.15) is 83.2 Å². The maximum absolute atomic E-state index is 12.6. The zero-order chi connectivity index (χ0) is 26.2. The van der Waals surface area contributed by atoms with Crippen molar-refractivity contribution in [3.63, 3.8) is 0 Å². The highest BCUT2D eigenvalue weighted by molar-refractivity contribution is 5.94. The molecule has 1 aromatic heterocycles. The second kappa shape index (κ2) is 10.1. The van der Waals surface area contributed by atoms with E-state index >= 15 is 0 Å². The Kier molecular flexibility index (Phi) is 7.25. The van der Waals surface area contributed by atoms with E-state index in [0.717, 1.165) is 35.6 Å². The van der Waals surface area contributed by atoms with E-state index in [0.29, 0.717) is 19.0 Å². The molecule has 2 aliphatic heterocycles. The number of hydrogen-bond acceptors (Lipinski definition) is 6. The quantitative estimate of drug-likeness (QED) is 0.612. The van der Waals surface area contributed by atoms with Gasteiger partial charge >= 0.3 is 6.09 Å². The fourth-order valence-electron chi connectivity index (χ4n) is 5.33. The number of hydrogen-bond donors (Lipinski definition) is 1. The molecule has 194 valence electrons. The number of likely N-dealkylation sites (tertiary alicyclic amines) is 1. The van der Waals surface area contributed by atoms with E-state index < -0.39 is 5.60 Å². The summed E-state index contributed by atoms with van der Waals surface area (Å²) in [6, 6.07) is 6.51. The minimum absolute atomic E-state index is 0.00981. The van der Waals surface area contributed by atoms with Crippen molar-refractivity contribution in [2.75, 3.05) is 23.3 Å². The monoisotopic (exact) mass is 493 g/mol. The highest BCUT2D eigenvalue weighted by atomic mass is 16.6. The highest BCUT2D eigenvalue weighted by Gasteiger charge is 2.39. The Labute approximate surface area is 214 Å². The summed E-state index contributed by atoms with van der Waals surface area (Å²) in [5.74, 6) is 1.27. The molecule has 3 unspecified atom stereocenters. The molecule has 3 heterocycles. The summed E-state index contributed by atoms with van der Waals surface area (Å²) < 4.78 is 5.56. The van der Waals surface area contributed by atoms with E-state index in [1.165, 1.54) is 5.56 Å². The molecule has 4 rings (SSSR count). The largest absolute Gasteiger partial charge is 0.444 e. The number of nitrogens with one attached hydrogen (secondary N) is 1. The fraction of sp³-hybridized carbons (Fsp3) is 0.571. The first-order valence-corrected chi connectivity index (χ1v) is 12.9. The number of aromatic nitrogens is 2. The van der Waals surface area contributed by atoms with Gasteiger partial charge in [0.15, 0.2) is 0 Å². The molecule has 8 heteroatoms. The third kappa shape index (κ3) is 5.47. The predicted molar refractivity (Wildman–Crippen MR) is 141 cm³/mol. The van der Waals surface area contributed by atoms with Gasteiger partial charge in [0.1, 0.15) is 11.4 Å². The van der Waals surface area contributed by atoms with Crippen LogP contribution < -0.4 is 10.2 Å². The minimum Gasteiger partial charge on any atom is -0.444 e. The van der Waals surface area contributed by atoms with Crippen molar-refractivity contribution >= 4 is 23.5 Å². The molecule has 2 aliphatic rings. The molecule has 2 amide bonds. The number of amides is 2. The molecule has 2 aromatic rings. The molecule has 0 bridgehead atoms. The molecule has 36 heavy (non-hydrogen) atoms. The predicted octanol–water partition coefficient (Wildman–Crippen LogP) is 5.44. The molecule has 1 N–H and O–H groups in total. The Bertz CT molecular complexity index is 1100. The van der Waals surface area contributed by atoms with Crippen molar-refractivity contribution in [1.82, 2.24) is 14.9 Å². The third-order valence-corrected chi connectivity index (χ3v) is 7.38. The van der Waals surface area contributed by atoms with Crippen LogP contribution in [0, 0.1) is 12.8 Å². The Balaban J connectivity index is 1.60. The number of carbonyl (C=O) groups excluding carboxylic acids is 2. The van der Waals surface area contributed by atoms with Gasteiger partial charge in [-0.1, -0.05) is 19.1 Å². The topological polar surface area (TPSA) is 87.7 Å². The van der Waals surface area contributed by atoms with Gasteiger partial charge in [0.05, 0.1) is 24.1 Å². The molecule has 3 atom stereocenters. The van der Waals surface area contributed by atoms with Crippen LogP contribution in [-0.4, -0.2) is 51.6 Å². The normalized spacial score (nSPS) is 22.7. The standard InChI is InChI=1S/C28H39N5O3/c1-17-15-30-25(16-29-17)31-26-18(2)19(3)33(20(4)34)24-9-8-22(14-23(24)26)21-10-12-32(13-11-21)27(35)36-28(5,6)7/h8-9,14-16,18-19,21,26H,10-13H2,1-7H3,(H,30,31).